The van der Waals surface area contributed by atoms with E-state index >= 15 is 0 Å². The Bertz CT molecular complexity index is 527. The molecule has 0 aliphatic carbocycles. The van der Waals surface area contributed by atoms with E-state index in [4.69, 9.17) is 4.74 Å². The molecular weight excluding hydrogens is 232 g/mol. The number of para-hydroxylation sites is 1. The summed E-state index contributed by atoms with van der Waals surface area (Å²) < 4.78 is 6.01. The van der Waals surface area contributed by atoms with Crippen molar-refractivity contribution >= 4 is 0 Å². The molecule has 1 heteroatoms. The number of rotatable bonds is 4. The van der Waals surface area contributed by atoms with Crippen molar-refractivity contribution in [1.29, 1.82) is 0 Å². The molecule has 19 heavy (non-hydrogen) atoms. The van der Waals surface area contributed by atoms with Crippen LogP contribution in [0.3, 0.4) is 0 Å². The van der Waals surface area contributed by atoms with Gasteiger partial charge >= 0.3 is 0 Å². The van der Waals surface area contributed by atoms with Gasteiger partial charge in [0.15, 0.2) is 0 Å². The maximum atomic E-state index is 6.01. The second kappa shape index (κ2) is 5.92. The molecule has 0 unspecified atom stereocenters. The molecule has 0 N–H and O–H groups in total. The maximum Gasteiger partial charge on any atom is 0.130 e. The number of hydrogen-bond acceptors (Lipinski definition) is 1. The van der Waals surface area contributed by atoms with Crippen LogP contribution in [0.5, 0.6) is 11.5 Å². The minimum Gasteiger partial charge on any atom is -0.457 e. The van der Waals surface area contributed by atoms with Gasteiger partial charge in [-0.2, -0.15) is 0 Å². The van der Waals surface area contributed by atoms with E-state index in [0.717, 1.165) is 11.5 Å². The summed E-state index contributed by atoms with van der Waals surface area (Å²) in [4.78, 5) is 0. The van der Waals surface area contributed by atoms with Crippen LogP contribution in [-0.4, -0.2) is 0 Å². The lowest BCUT2D eigenvalue weighted by Crippen LogP contribution is -1.97. The number of hydrogen-bond donors (Lipinski definition) is 0. The lowest BCUT2D eigenvalue weighted by molar-refractivity contribution is 0.472. The van der Waals surface area contributed by atoms with E-state index in [9.17, 15) is 0 Å². The van der Waals surface area contributed by atoms with Crippen LogP contribution in [0, 0.1) is 0 Å². The molecule has 1 nitrogen and oxygen atoms in total. The van der Waals surface area contributed by atoms with Crippen molar-refractivity contribution in [3.05, 3.63) is 59.7 Å². The molecule has 0 fully saturated rings. The first kappa shape index (κ1) is 13.7. The second-order valence-electron chi connectivity index (χ2n) is 5.52. The summed E-state index contributed by atoms with van der Waals surface area (Å²) >= 11 is 0. The van der Waals surface area contributed by atoms with Crippen molar-refractivity contribution in [2.24, 2.45) is 0 Å². The molecule has 0 radical (unpaired) electrons. The van der Waals surface area contributed by atoms with Crippen LogP contribution in [0.1, 0.15) is 50.7 Å². The highest BCUT2D eigenvalue weighted by molar-refractivity contribution is 5.42. The third-order valence-corrected chi connectivity index (χ3v) is 3.29. The van der Waals surface area contributed by atoms with E-state index in [2.05, 4.69) is 45.9 Å². The lowest BCUT2D eigenvalue weighted by Gasteiger charge is -2.16. The Balaban J connectivity index is 2.34. The third kappa shape index (κ3) is 3.37. The summed E-state index contributed by atoms with van der Waals surface area (Å²) in [6, 6.07) is 16.5. The highest BCUT2D eigenvalue weighted by Gasteiger charge is 2.11. The number of benzene rings is 2. The van der Waals surface area contributed by atoms with Crippen molar-refractivity contribution in [3.8, 4) is 11.5 Å². The Morgan fingerprint density at radius 2 is 1.47 bits per heavy atom. The summed E-state index contributed by atoms with van der Waals surface area (Å²) in [5.41, 5.74) is 2.64. The first-order valence-corrected chi connectivity index (χ1v) is 6.94. The van der Waals surface area contributed by atoms with Gasteiger partial charge in [-0.3, -0.25) is 0 Å². The maximum absolute atomic E-state index is 6.01. The van der Waals surface area contributed by atoms with Crippen molar-refractivity contribution in [3.63, 3.8) is 0 Å². The van der Waals surface area contributed by atoms with Gasteiger partial charge < -0.3 is 4.74 Å². The first-order chi connectivity index (χ1) is 9.08. The minimum absolute atomic E-state index is 0.456. The zero-order valence-electron chi connectivity index (χ0n) is 12.2. The summed E-state index contributed by atoms with van der Waals surface area (Å²) in [7, 11) is 0. The van der Waals surface area contributed by atoms with E-state index in [1.54, 1.807) is 0 Å². The predicted molar refractivity (Wildman–Crippen MR) is 81.1 cm³/mol. The molecule has 2 aromatic carbocycles. The largest absolute Gasteiger partial charge is 0.457 e. The van der Waals surface area contributed by atoms with Crippen LogP contribution in [0.25, 0.3) is 0 Å². The molecule has 0 aliphatic rings. The Morgan fingerprint density at radius 1 is 0.789 bits per heavy atom. The van der Waals surface area contributed by atoms with Crippen LogP contribution >= 0.6 is 0 Å². The summed E-state index contributed by atoms with van der Waals surface area (Å²) in [5.74, 6) is 2.85. The van der Waals surface area contributed by atoms with Crippen LogP contribution in [0.4, 0.5) is 0 Å². The van der Waals surface area contributed by atoms with Gasteiger partial charge in [0.05, 0.1) is 0 Å². The average molecular weight is 254 g/mol. The zero-order chi connectivity index (χ0) is 13.8. The predicted octanol–water partition coefficient (Wildman–Crippen LogP) is 5.73. The van der Waals surface area contributed by atoms with E-state index in [-0.39, 0.29) is 0 Å². The average Bonchev–Trinajstić information content (AvgIpc) is 2.39. The van der Waals surface area contributed by atoms with Crippen molar-refractivity contribution in [2.75, 3.05) is 0 Å². The minimum atomic E-state index is 0.456. The topological polar surface area (TPSA) is 9.23 Å². The van der Waals surface area contributed by atoms with Crippen LogP contribution in [-0.2, 0) is 0 Å². The van der Waals surface area contributed by atoms with Gasteiger partial charge in [0.2, 0.25) is 0 Å². The van der Waals surface area contributed by atoms with E-state index < -0.39 is 0 Å². The van der Waals surface area contributed by atoms with Crippen molar-refractivity contribution < 1.29 is 4.74 Å². The molecule has 0 aromatic heterocycles. The lowest BCUT2D eigenvalue weighted by atomic mass is 9.95. The molecule has 0 saturated carbocycles. The smallest absolute Gasteiger partial charge is 0.130 e. The van der Waals surface area contributed by atoms with Gasteiger partial charge in [-0.15, -0.1) is 0 Å². The highest BCUT2D eigenvalue weighted by atomic mass is 16.5. The van der Waals surface area contributed by atoms with Crippen LogP contribution < -0.4 is 4.74 Å². The van der Waals surface area contributed by atoms with Gasteiger partial charge in [0.25, 0.3) is 0 Å². The fraction of sp³-hybridized carbons (Fsp3) is 0.333. The summed E-state index contributed by atoms with van der Waals surface area (Å²) in [5, 5.41) is 0. The fourth-order valence-corrected chi connectivity index (χ4v) is 2.09. The van der Waals surface area contributed by atoms with E-state index in [1.165, 1.54) is 11.1 Å². The van der Waals surface area contributed by atoms with Crippen molar-refractivity contribution in [1.82, 2.24) is 0 Å². The normalized spacial score (nSPS) is 11.1. The molecule has 100 valence electrons. The quantitative estimate of drug-likeness (QED) is 0.677. The number of ether oxygens (including phenoxy) is 1. The monoisotopic (exact) mass is 254 g/mol. The Hall–Kier alpha value is -1.76. The molecule has 0 amide bonds. The Labute approximate surface area is 116 Å². The molecule has 0 heterocycles. The second-order valence-corrected chi connectivity index (χ2v) is 5.52. The zero-order valence-corrected chi connectivity index (χ0v) is 12.2. The first-order valence-electron chi connectivity index (χ1n) is 6.94. The van der Waals surface area contributed by atoms with Gasteiger partial charge in [-0.1, -0.05) is 58.0 Å². The molecule has 0 aliphatic heterocycles. The SMILES string of the molecule is CC(C)c1ccc(Oc2ccccc2)c(C(C)C)c1. The van der Waals surface area contributed by atoms with Gasteiger partial charge in [-0.25, -0.2) is 0 Å². The highest BCUT2D eigenvalue weighted by Crippen LogP contribution is 2.33. The molecule has 2 aromatic rings. The Kier molecular flexibility index (Phi) is 4.26. The standard InChI is InChI=1S/C18H22O/c1-13(2)15-10-11-18(17(12-15)14(3)4)19-16-8-6-5-7-9-16/h5-14H,1-4H3. The van der Waals surface area contributed by atoms with Gasteiger partial charge in [-0.05, 0) is 41.2 Å². The summed E-state index contributed by atoms with van der Waals surface area (Å²) in [6.07, 6.45) is 0. The van der Waals surface area contributed by atoms with Gasteiger partial charge in [0, 0.05) is 0 Å². The van der Waals surface area contributed by atoms with Crippen molar-refractivity contribution in [2.45, 2.75) is 39.5 Å². The van der Waals surface area contributed by atoms with Crippen LogP contribution in [0.2, 0.25) is 0 Å². The van der Waals surface area contributed by atoms with E-state index in [0.29, 0.717) is 11.8 Å². The van der Waals surface area contributed by atoms with Gasteiger partial charge in [0.1, 0.15) is 11.5 Å². The molecule has 0 bridgehead atoms. The third-order valence-electron chi connectivity index (χ3n) is 3.29. The Morgan fingerprint density at radius 3 is 2.05 bits per heavy atom. The molecule has 0 saturated heterocycles. The fourth-order valence-electron chi connectivity index (χ4n) is 2.09. The molecule has 0 spiro atoms. The molecule has 0 atom stereocenters. The molecule has 2 rings (SSSR count). The molecular formula is C18H22O. The van der Waals surface area contributed by atoms with E-state index in [1.807, 2.05) is 30.3 Å². The van der Waals surface area contributed by atoms with Crippen LogP contribution in [0.15, 0.2) is 48.5 Å². The summed E-state index contributed by atoms with van der Waals surface area (Å²) in [6.45, 7) is 8.85.